The van der Waals surface area contributed by atoms with E-state index in [-0.39, 0.29) is 22.9 Å². The molecule has 0 saturated carbocycles. The standard InChI is InChI=1S/C13H26O2/c1-10(14)15-11(8-12(2,3)4)9-13(5,6)7/h11H,8-9H2,1-7H3. The van der Waals surface area contributed by atoms with Crippen LogP contribution in [0, 0.1) is 10.8 Å². The molecule has 0 aliphatic heterocycles. The molecule has 0 aliphatic carbocycles. The van der Waals surface area contributed by atoms with Gasteiger partial charge in [0.25, 0.3) is 0 Å². The first-order valence-electron chi connectivity index (χ1n) is 5.67. The van der Waals surface area contributed by atoms with Gasteiger partial charge in [0.15, 0.2) is 0 Å². The Morgan fingerprint density at radius 2 is 1.33 bits per heavy atom. The van der Waals surface area contributed by atoms with Crippen molar-refractivity contribution in [3.63, 3.8) is 0 Å². The van der Waals surface area contributed by atoms with Crippen molar-refractivity contribution in [1.82, 2.24) is 0 Å². The summed E-state index contributed by atoms with van der Waals surface area (Å²) in [4.78, 5) is 11.0. The molecule has 0 rings (SSSR count). The molecule has 0 aromatic carbocycles. The Bertz CT molecular complexity index is 190. The normalized spacial score (nSPS) is 13.1. The number of carbonyl (C=O) groups is 1. The van der Waals surface area contributed by atoms with E-state index in [1.807, 2.05) is 0 Å². The van der Waals surface area contributed by atoms with Crippen LogP contribution in [0.15, 0.2) is 0 Å². The average molecular weight is 214 g/mol. The number of carbonyl (C=O) groups excluding carboxylic acids is 1. The summed E-state index contributed by atoms with van der Waals surface area (Å²) in [6.07, 6.45) is 1.88. The van der Waals surface area contributed by atoms with Crippen LogP contribution >= 0.6 is 0 Å². The van der Waals surface area contributed by atoms with Gasteiger partial charge in [0, 0.05) is 6.92 Å². The van der Waals surface area contributed by atoms with Gasteiger partial charge in [0.1, 0.15) is 6.10 Å². The maximum Gasteiger partial charge on any atom is 0.302 e. The van der Waals surface area contributed by atoms with Gasteiger partial charge in [-0.1, -0.05) is 41.5 Å². The van der Waals surface area contributed by atoms with Crippen LogP contribution in [0.4, 0.5) is 0 Å². The van der Waals surface area contributed by atoms with Crippen molar-refractivity contribution in [2.45, 2.75) is 67.4 Å². The molecule has 0 radical (unpaired) electrons. The summed E-state index contributed by atoms with van der Waals surface area (Å²) in [6, 6.07) is 0. The molecule has 0 saturated heterocycles. The summed E-state index contributed by atoms with van der Waals surface area (Å²) >= 11 is 0. The smallest absolute Gasteiger partial charge is 0.302 e. The van der Waals surface area contributed by atoms with Crippen LogP contribution in [0.2, 0.25) is 0 Å². The first-order chi connectivity index (χ1) is 6.49. The Kier molecular flexibility index (Phi) is 4.82. The Morgan fingerprint density at radius 1 is 1.00 bits per heavy atom. The highest BCUT2D eigenvalue weighted by Gasteiger charge is 2.25. The van der Waals surface area contributed by atoms with Crippen molar-refractivity contribution in [2.75, 3.05) is 0 Å². The second-order valence-electron chi connectivity index (χ2n) is 6.76. The summed E-state index contributed by atoms with van der Waals surface area (Å²) in [5.41, 5.74) is 0.400. The van der Waals surface area contributed by atoms with Crippen LogP contribution in [0.1, 0.15) is 61.3 Å². The van der Waals surface area contributed by atoms with Crippen molar-refractivity contribution < 1.29 is 9.53 Å². The molecule has 0 atom stereocenters. The topological polar surface area (TPSA) is 26.3 Å². The molecule has 15 heavy (non-hydrogen) atoms. The molecule has 0 amide bonds. The molecule has 0 bridgehead atoms. The van der Waals surface area contributed by atoms with Gasteiger partial charge >= 0.3 is 5.97 Å². The average Bonchev–Trinajstić information content (AvgIpc) is 1.73. The van der Waals surface area contributed by atoms with Gasteiger partial charge in [-0.3, -0.25) is 4.79 Å². The van der Waals surface area contributed by atoms with E-state index >= 15 is 0 Å². The summed E-state index contributed by atoms with van der Waals surface area (Å²) in [6.45, 7) is 14.5. The maximum absolute atomic E-state index is 11.0. The Labute approximate surface area is 94.4 Å². The van der Waals surface area contributed by atoms with Gasteiger partial charge in [-0.2, -0.15) is 0 Å². The highest BCUT2D eigenvalue weighted by Crippen LogP contribution is 2.30. The van der Waals surface area contributed by atoms with Crippen molar-refractivity contribution in [1.29, 1.82) is 0 Å². The fourth-order valence-electron chi connectivity index (χ4n) is 1.76. The number of ether oxygens (including phenoxy) is 1. The molecule has 0 N–H and O–H groups in total. The lowest BCUT2D eigenvalue weighted by atomic mass is 9.82. The van der Waals surface area contributed by atoms with Crippen molar-refractivity contribution in [3.8, 4) is 0 Å². The van der Waals surface area contributed by atoms with Crippen LogP contribution < -0.4 is 0 Å². The third-order valence-corrected chi connectivity index (χ3v) is 2.01. The Balaban J connectivity index is 4.39. The van der Waals surface area contributed by atoms with E-state index in [0.717, 1.165) is 12.8 Å². The summed E-state index contributed by atoms with van der Waals surface area (Å²) in [7, 11) is 0. The number of hydrogen-bond donors (Lipinski definition) is 0. The fraction of sp³-hybridized carbons (Fsp3) is 0.923. The molecule has 0 aromatic heterocycles. The van der Waals surface area contributed by atoms with Crippen molar-refractivity contribution >= 4 is 5.97 Å². The van der Waals surface area contributed by atoms with Gasteiger partial charge < -0.3 is 4.74 Å². The Morgan fingerprint density at radius 3 is 1.53 bits per heavy atom. The van der Waals surface area contributed by atoms with E-state index in [9.17, 15) is 4.79 Å². The molecule has 0 fully saturated rings. The highest BCUT2D eigenvalue weighted by atomic mass is 16.5. The minimum absolute atomic E-state index is 0.0440. The van der Waals surface area contributed by atoms with E-state index in [4.69, 9.17) is 4.74 Å². The third-order valence-electron chi connectivity index (χ3n) is 2.01. The van der Waals surface area contributed by atoms with Crippen LogP contribution in [0.5, 0.6) is 0 Å². The second-order valence-corrected chi connectivity index (χ2v) is 6.76. The first-order valence-corrected chi connectivity index (χ1v) is 5.67. The zero-order chi connectivity index (χ0) is 12.3. The summed E-state index contributed by atoms with van der Waals surface area (Å²) < 4.78 is 5.36. The third kappa shape index (κ3) is 9.77. The van der Waals surface area contributed by atoms with Gasteiger partial charge in [0.2, 0.25) is 0 Å². The largest absolute Gasteiger partial charge is 0.463 e. The van der Waals surface area contributed by atoms with E-state index < -0.39 is 0 Å². The first kappa shape index (κ1) is 14.5. The zero-order valence-corrected chi connectivity index (χ0v) is 11.3. The number of esters is 1. The quantitative estimate of drug-likeness (QED) is 0.668. The summed E-state index contributed by atoms with van der Waals surface area (Å²) in [5, 5.41) is 0. The highest BCUT2D eigenvalue weighted by molar-refractivity contribution is 5.66. The molecule has 0 aliphatic rings. The van der Waals surface area contributed by atoms with Gasteiger partial charge in [-0.05, 0) is 23.7 Å². The van der Waals surface area contributed by atoms with Crippen LogP contribution in [0.3, 0.4) is 0 Å². The minimum Gasteiger partial charge on any atom is -0.463 e. The molecular formula is C13H26O2. The predicted molar refractivity (Wildman–Crippen MR) is 63.7 cm³/mol. The molecule has 0 spiro atoms. The lowest BCUT2D eigenvalue weighted by Gasteiger charge is -2.30. The van der Waals surface area contributed by atoms with E-state index in [2.05, 4.69) is 41.5 Å². The van der Waals surface area contributed by atoms with E-state index in [0.29, 0.717) is 0 Å². The Hall–Kier alpha value is -0.530. The molecule has 90 valence electrons. The van der Waals surface area contributed by atoms with E-state index in [1.54, 1.807) is 0 Å². The van der Waals surface area contributed by atoms with Gasteiger partial charge in [-0.15, -0.1) is 0 Å². The molecule has 2 nitrogen and oxygen atoms in total. The predicted octanol–water partition coefficient (Wildman–Crippen LogP) is 3.79. The molecule has 0 unspecified atom stereocenters. The fourth-order valence-corrected chi connectivity index (χ4v) is 1.76. The SMILES string of the molecule is CC(=O)OC(CC(C)(C)C)CC(C)(C)C. The molecular weight excluding hydrogens is 188 g/mol. The van der Waals surface area contributed by atoms with Gasteiger partial charge in [-0.25, -0.2) is 0 Å². The van der Waals surface area contributed by atoms with Crippen LogP contribution in [-0.4, -0.2) is 12.1 Å². The van der Waals surface area contributed by atoms with Crippen LogP contribution in [-0.2, 0) is 9.53 Å². The van der Waals surface area contributed by atoms with Crippen molar-refractivity contribution in [3.05, 3.63) is 0 Å². The second kappa shape index (κ2) is 5.00. The maximum atomic E-state index is 11.0. The minimum atomic E-state index is -0.173. The lowest BCUT2D eigenvalue weighted by Crippen LogP contribution is -2.27. The number of hydrogen-bond acceptors (Lipinski definition) is 2. The monoisotopic (exact) mass is 214 g/mol. The lowest BCUT2D eigenvalue weighted by molar-refractivity contribution is -0.149. The van der Waals surface area contributed by atoms with Crippen LogP contribution in [0.25, 0.3) is 0 Å². The molecule has 0 aromatic rings. The molecule has 0 heterocycles. The summed E-state index contributed by atoms with van der Waals surface area (Å²) in [5.74, 6) is -0.173. The number of rotatable bonds is 3. The zero-order valence-electron chi connectivity index (χ0n) is 11.3. The molecule has 2 heteroatoms. The van der Waals surface area contributed by atoms with E-state index in [1.165, 1.54) is 6.92 Å². The van der Waals surface area contributed by atoms with Crippen molar-refractivity contribution in [2.24, 2.45) is 10.8 Å². The van der Waals surface area contributed by atoms with Gasteiger partial charge in [0.05, 0.1) is 0 Å².